The van der Waals surface area contributed by atoms with E-state index in [0.29, 0.717) is 11.4 Å². The maximum atomic E-state index is 13.0. The standard InChI is InChI=1S/C25H29F3N4O3/c1-24(2,3)18-6-4-17(5-7-18)12-19(34)13-21(23-15-32(10-11-33)31-30-23)22-9-8-20(14-29-22)35-16-25(26,27)28/h4-9,14-15,21,33H,10-13,16H2,1-3H3/t21-/m0/s1. The summed E-state index contributed by atoms with van der Waals surface area (Å²) >= 11 is 0. The van der Waals surface area contributed by atoms with E-state index in [-0.39, 0.29) is 42.9 Å². The lowest BCUT2D eigenvalue weighted by atomic mass is 9.86. The largest absolute Gasteiger partial charge is 0.483 e. The summed E-state index contributed by atoms with van der Waals surface area (Å²) in [5.41, 5.74) is 3.00. The minimum absolute atomic E-state index is 0.00960. The highest BCUT2D eigenvalue weighted by molar-refractivity contribution is 5.82. The lowest BCUT2D eigenvalue weighted by molar-refractivity contribution is -0.153. The van der Waals surface area contributed by atoms with Crippen molar-refractivity contribution in [3.8, 4) is 5.75 Å². The van der Waals surface area contributed by atoms with Crippen molar-refractivity contribution in [2.75, 3.05) is 13.2 Å². The van der Waals surface area contributed by atoms with Crippen LogP contribution < -0.4 is 4.74 Å². The van der Waals surface area contributed by atoms with E-state index in [1.165, 1.54) is 28.6 Å². The molecule has 0 aliphatic heterocycles. The molecule has 0 radical (unpaired) electrons. The second-order valence-electron chi connectivity index (χ2n) is 9.37. The van der Waals surface area contributed by atoms with Crippen molar-refractivity contribution in [1.82, 2.24) is 20.0 Å². The van der Waals surface area contributed by atoms with Crippen LogP contribution in [0.5, 0.6) is 5.75 Å². The zero-order valence-corrected chi connectivity index (χ0v) is 19.9. The Kier molecular flexibility index (Phi) is 8.26. The molecule has 2 heterocycles. The van der Waals surface area contributed by atoms with Crippen LogP contribution in [0.3, 0.4) is 0 Å². The Morgan fingerprint density at radius 3 is 2.37 bits per heavy atom. The van der Waals surface area contributed by atoms with E-state index in [4.69, 9.17) is 9.84 Å². The van der Waals surface area contributed by atoms with Gasteiger partial charge in [0.2, 0.25) is 0 Å². The molecule has 0 saturated carbocycles. The first-order valence-electron chi connectivity index (χ1n) is 11.2. The molecule has 0 aliphatic carbocycles. The van der Waals surface area contributed by atoms with E-state index in [0.717, 1.165) is 5.56 Å². The molecule has 0 unspecified atom stereocenters. The highest BCUT2D eigenvalue weighted by Gasteiger charge is 2.29. The molecule has 0 spiro atoms. The molecule has 0 fully saturated rings. The number of carbonyl (C=O) groups is 1. The number of alkyl halides is 3. The van der Waals surface area contributed by atoms with Crippen LogP contribution in [0, 0.1) is 0 Å². The van der Waals surface area contributed by atoms with E-state index in [9.17, 15) is 18.0 Å². The molecule has 188 valence electrons. The number of halogens is 3. The molecule has 35 heavy (non-hydrogen) atoms. The molecule has 0 bridgehead atoms. The molecule has 0 amide bonds. The Morgan fingerprint density at radius 1 is 1.09 bits per heavy atom. The molecule has 1 atom stereocenters. The van der Waals surface area contributed by atoms with Crippen LogP contribution in [0.1, 0.15) is 55.6 Å². The summed E-state index contributed by atoms with van der Waals surface area (Å²) < 4.78 is 43.4. The Bertz CT molecular complexity index is 1100. The maximum absolute atomic E-state index is 13.0. The summed E-state index contributed by atoms with van der Waals surface area (Å²) in [7, 11) is 0. The van der Waals surface area contributed by atoms with Gasteiger partial charge in [-0.15, -0.1) is 5.10 Å². The molecule has 0 aliphatic rings. The van der Waals surface area contributed by atoms with Crippen LogP contribution in [-0.2, 0) is 23.2 Å². The van der Waals surface area contributed by atoms with Gasteiger partial charge in [-0.3, -0.25) is 9.78 Å². The average Bonchev–Trinajstić information content (AvgIpc) is 3.24. The van der Waals surface area contributed by atoms with Crippen LogP contribution >= 0.6 is 0 Å². The van der Waals surface area contributed by atoms with E-state index >= 15 is 0 Å². The van der Waals surface area contributed by atoms with Gasteiger partial charge in [-0.1, -0.05) is 50.3 Å². The van der Waals surface area contributed by atoms with Crippen LogP contribution in [0.25, 0.3) is 0 Å². The Balaban J connectivity index is 1.77. The zero-order chi connectivity index (χ0) is 25.6. The van der Waals surface area contributed by atoms with Gasteiger partial charge in [0.15, 0.2) is 6.61 Å². The number of nitrogens with zero attached hydrogens (tertiary/aromatic N) is 4. The van der Waals surface area contributed by atoms with Gasteiger partial charge in [0.1, 0.15) is 11.5 Å². The smallest absolute Gasteiger partial charge is 0.422 e. The third-order valence-corrected chi connectivity index (χ3v) is 5.41. The molecule has 1 aromatic carbocycles. The molecule has 10 heteroatoms. The van der Waals surface area contributed by atoms with Gasteiger partial charge in [0, 0.05) is 19.0 Å². The Hall–Kier alpha value is -3.27. The van der Waals surface area contributed by atoms with E-state index in [2.05, 4.69) is 36.1 Å². The van der Waals surface area contributed by atoms with Crippen molar-refractivity contribution in [3.05, 3.63) is 71.3 Å². The molecule has 1 N–H and O–H groups in total. The number of carbonyl (C=O) groups excluding carboxylic acids is 1. The SMILES string of the molecule is CC(C)(C)c1ccc(CC(=O)C[C@@H](c2ccc(OCC(F)(F)F)cn2)c2cn(CCO)nn2)cc1. The molecule has 2 aromatic heterocycles. The summed E-state index contributed by atoms with van der Waals surface area (Å²) in [4.78, 5) is 17.2. The molecule has 3 aromatic rings. The number of Topliss-reactive ketones (excluding diaryl/α,β-unsaturated/α-hetero) is 1. The summed E-state index contributed by atoms with van der Waals surface area (Å²) in [5, 5.41) is 17.3. The molecular formula is C25H29F3N4O3. The van der Waals surface area contributed by atoms with E-state index < -0.39 is 18.7 Å². The lowest BCUT2D eigenvalue weighted by Gasteiger charge is -2.19. The van der Waals surface area contributed by atoms with Gasteiger partial charge >= 0.3 is 6.18 Å². The van der Waals surface area contributed by atoms with Crippen molar-refractivity contribution < 1.29 is 27.8 Å². The summed E-state index contributed by atoms with van der Waals surface area (Å²) in [6.45, 7) is 5.06. The normalized spacial score (nSPS) is 13.0. The van der Waals surface area contributed by atoms with Crippen molar-refractivity contribution in [2.24, 2.45) is 0 Å². The quantitative estimate of drug-likeness (QED) is 0.457. The molecule has 3 rings (SSSR count). The highest BCUT2D eigenvalue weighted by atomic mass is 19.4. The Labute approximate surface area is 202 Å². The number of ether oxygens (including phenoxy) is 1. The predicted octanol–water partition coefficient (Wildman–Crippen LogP) is 4.24. The van der Waals surface area contributed by atoms with Gasteiger partial charge < -0.3 is 9.84 Å². The summed E-state index contributed by atoms with van der Waals surface area (Å²) in [6.07, 6.45) is -1.33. The fraction of sp³-hybridized carbons (Fsp3) is 0.440. The number of aromatic nitrogens is 4. The van der Waals surface area contributed by atoms with Gasteiger partial charge in [-0.05, 0) is 28.7 Å². The van der Waals surface area contributed by atoms with Crippen molar-refractivity contribution >= 4 is 5.78 Å². The van der Waals surface area contributed by atoms with Gasteiger partial charge in [0.25, 0.3) is 0 Å². The fourth-order valence-corrected chi connectivity index (χ4v) is 3.54. The Morgan fingerprint density at radius 2 is 1.80 bits per heavy atom. The number of ketones is 1. The lowest BCUT2D eigenvalue weighted by Crippen LogP contribution is -2.19. The predicted molar refractivity (Wildman–Crippen MR) is 123 cm³/mol. The number of benzene rings is 1. The second kappa shape index (κ2) is 11.0. The van der Waals surface area contributed by atoms with Crippen molar-refractivity contribution in [3.63, 3.8) is 0 Å². The third-order valence-electron chi connectivity index (χ3n) is 5.41. The van der Waals surface area contributed by atoms with E-state index in [1.54, 1.807) is 6.20 Å². The minimum atomic E-state index is -4.45. The second-order valence-corrected chi connectivity index (χ2v) is 9.37. The number of hydrogen-bond acceptors (Lipinski definition) is 6. The number of hydrogen-bond donors (Lipinski definition) is 1. The van der Waals surface area contributed by atoms with Crippen molar-refractivity contribution in [2.45, 2.75) is 57.7 Å². The minimum Gasteiger partial charge on any atom is -0.483 e. The summed E-state index contributed by atoms with van der Waals surface area (Å²) in [6, 6.07) is 10.8. The van der Waals surface area contributed by atoms with Crippen LogP contribution in [0.15, 0.2) is 48.8 Å². The zero-order valence-electron chi connectivity index (χ0n) is 19.9. The first-order valence-corrected chi connectivity index (χ1v) is 11.2. The molecule has 7 nitrogen and oxygen atoms in total. The average molecular weight is 491 g/mol. The number of pyridine rings is 1. The number of aliphatic hydroxyl groups is 1. The summed E-state index contributed by atoms with van der Waals surface area (Å²) in [5.74, 6) is -0.631. The monoisotopic (exact) mass is 490 g/mol. The molecule has 0 saturated heterocycles. The number of aliphatic hydroxyl groups excluding tert-OH is 1. The van der Waals surface area contributed by atoms with Crippen LogP contribution in [-0.4, -0.2) is 50.3 Å². The first-order chi connectivity index (χ1) is 16.4. The van der Waals surface area contributed by atoms with Crippen LogP contribution in [0.4, 0.5) is 13.2 Å². The third kappa shape index (κ3) is 7.88. The van der Waals surface area contributed by atoms with Crippen LogP contribution in [0.2, 0.25) is 0 Å². The van der Waals surface area contributed by atoms with Gasteiger partial charge in [-0.2, -0.15) is 13.2 Å². The fourth-order valence-electron chi connectivity index (χ4n) is 3.54. The van der Waals surface area contributed by atoms with Gasteiger partial charge in [-0.25, -0.2) is 4.68 Å². The van der Waals surface area contributed by atoms with Gasteiger partial charge in [0.05, 0.1) is 36.7 Å². The maximum Gasteiger partial charge on any atom is 0.422 e. The van der Waals surface area contributed by atoms with E-state index in [1.807, 2.05) is 24.3 Å². The first kappa shape index (κ1) is 26.3. The van der Waals surface area contributed by atoms with Crippen molar-refractivity contribution in [1.29, 1.82) is 0 Å². The number of rotatable bonds is 10. The topological polar surface area (TPSA) is 90.1 Å². The molecular weight excluding hydrogens is 461 g/mol. The highest BCUT2D eigenvalue weighted by Crippen LogP contribution is 2.28.